The van der Waals surface area contributed by atoms with Gasteiger partial charge < -0.3 is 15.7 Å². The second-order valence-electron chi connectivity index (χ2n) is 5.99. The summed E-state index contributed by atoms with van der Waals surface area (Å²) in [4.78, 5) is 23.3. The Balaban J connectivity index is 2.07. The summed E-state index contributed by atoms with van der Waals surface area (Å²) >= 11 is 0. The number of nitrogens with one attached hydrogen (secondary N) is 2. The monoisotopic (exact) mass is 290 g/mol. The van der Waals surface area contributed by atoms with Crippen LogP contribution >= 0.6 is 0 Å². The molecule has 1 aliphatic rings. The van der Waals surface area contributed by atoms with Crippen LogP contribution in [0.25, 0.3) is 0 Å². The van der Waals surface area contributed by atoms with E-state index in [4.69, 9.17) is 0 Å². The first kappa shape index (κ1) is 15.4. The number of hydrogen-bond acceptors (Lipinski definition) is 2. The number of rotatable bonds is 5. The predicted molar refractivity (Wildman–Crippen MR) is 81.8 cm³/mol. The van der Waals surface area contributed by atoms with Gasteiger partial charge in [-0.05, 0) is 50.3 Å². The number of benzene rings is 1. The summed E-state index contributed by atoms with van der Waals surface area (Å²) in [7, 11) is 0. The van der Waals surface area contributed by atoms with E-state index in [2.05, 4.69) is 10.6 Å². The molecule has 5 nitrogen and oxygen atoms in total. The van der Waals surface area contributed by atoms with E-state index in [-0.39, 0.29) is 17.6 Å². The summed E-state index contributed by atoms with van der Waals surface area (Å²) in [5, 5.41) is 14.8. The Kier molecular flexibility index (Phi) is 4.50. The van der Waals surface area contributed by atoms with Crippen LogP contribution in [0.15, 0.2) is 12.1 Å². The third-order valence-corrected chi connectivity index (χ3v) is 3.71. The number of aromatic carboxylic acids is 1. The number of carboxylic acid groups (broad SMARTS) is 1. The topological polar surface area (TPSA) is 78.4 Å². The van der Waals surface area contributed by atoms with Crippen LogP contribution in [-0.2, 0) is 0 Å². The second kappa shape index (κ2) is 6.16. The fourth-order valence-corrected chi connectivity index (χ4v) is 2.59. The summed E-state index contributed by atoms with van der Waals surface area (Å²) in [5.74, 6) is -0.306. The van der Waals surface area contributed by atoms with Crippen LogP contribution in [0.3, 0.4) is 0 Å². The maximum atomic E-state index is 12.0. The van der Waals surface area contributed by atoms with Gasteiger partial charge in [-0.15, -0.1) is 0 Å². The molecule has 1 aliphatic carbocycles. The highest BCUT2D eigenvalue weighted by Gasteiger charge is 2.24. The molecule has 1 aromatic rings. The predicted octanol–water partition coefficient (Wildman–Crippen LogP) is 3.31. The molecule has 21 heavy (non-hydrogen) atoms. The van der Waals surface area contributed by atoms with E-state index in [1.54, 1.807) is 13.0 Å². The average Bonchev–Trinajstić information content (AvgIpc) is 3.15. The van der Waals surface area contributed by atoms with Crippen LogP contribution < -0.4 is 10.6 Å². The van der Waals surface area contributed by atoms with Gasteiger partial charge in [0.15, 0.2) is 0 Å². The van der Waals surface area contributed by atoms with Gasteiger partial charge in [0.25, 0.3) is 0 Å². The minimum atomic E-state index is -1.04. The first-order chi connectivity index (χ1) is 9.86. The zero-order chi connectivity index (χ0) is 15.6. The zero-order valence-corrected chi connectivity index (χ0v) is 12.7. The highest BCUT2D eigenvalue weighted by atomic mass is 16.4. The summed E-state index contributed by atoms with van der Waals surface area (Å²) in [6, 6.07) is 3.17. The molecule has 5 heteroatoms. The fourth-order valence-electron chi connectivity index (χ4n) is 2.59. The lowest BCUT2D eigenvalue weighted by atomic mass is 10.0. The number of aryl methyl sites for hydroxylation is 2. The summed E-state index contributed by atoms with van der Waals surface area (Å²) in [6.45, 7) is 5.60. The molecule has 0 spiro atoms. The largest absolute Gasteiger partial charge is 0.478 e. The fraction of sp³-hybridized carbons (Fsp3) is 0.500. The van der Waals surface area contributed by atoms with Gasteiger partial charge in [-0.3, -0.25) is 0 Å². The van der Waals surface area contributed by atoms with Crippen molar-refractivity contribution in [1.82, 2.24) is 5.32 Å². The van der Waals surface area contributed by atoms with Gasteiger partial charge in [-0.1, -0.05) is 18.9 Å². The molecule has 1 saturated carbocycles. The Morgan fingerprint density at radius 3 is 2.57 bits per heavy atom. The van der Waals surface area contributed by atoms with E-state index in [9.17, 15) is 14.7 Å². The van der Waals surface area contributed by atoms with Crippen molar-refractivity contribution in [3.63, 3.8) is 0 Å². The van der Waals surface area contributed by atoms with E-state index in [1.165, 1.54) is 12.8 Å². The van der Waals surface area contributed by atoms with E-state index < -0.39 is 5.97 Å². The van der Waals surface area contributed by atoms with Crippen LogP contribution in [0, 0.1) is 19.8 Å². The standard InChI is InChI=1S/C16H22N2O3/c1-9-6-10(2)14(13(7-9)15(19)20)18-16(21)17-11(3)8-12-4-5-12/h6-7,11-12H,4-5,8H2,1-3H3,(H,19,20)(H2,17,18,21). The van der Waals surface area contributed by atoms with Crippen molar-refractivity contribution in [1.29, 1.82) is 0 Å². The minimum absolute atomic E-state index is 0.0940. The van der Waals surface area contributed by atoms with E-state index in [1.807, 2.05) is 19.9 Å². The summed E-state index contributed by atoms with van der Waals surface area (Å²) in [5.41, 5.74) is 2.09. The molecule has 1 fully saturated rings. The quantitative estimate of drug-likeness (QED) is 0.778. The Bertz CT molecular complexity index is 565. The Morgan fingerprint density at radius 1 is 1.33 bits per heavy atom. The number of hydrogen-bond donors (Lipinski definition) is 3. The number of amides is 2. The lowest BCUT2D eigenvalue weighted by molar-refractivity contribution is 0.0698. The highest BCUT2D eigenvalue weighted by molar-refractivity contribution is 6.01. The smallest absolute Gasteiger partial charge is 0.337 e. The normalized spacial score (nSPS) is 15.4. The van der Waals surface area contributed by atoms with Crippen LogP contribution in [-0.4, -0.2) is 23.1 Å². The maximum Gasteiger partial charge on any atom is 0.337 e. The first-order valence-electron chi connectivity index (χ1n) is 7.29. The number of carbonyl (C=O) groups is 2. The van der Waals surface area contributed by atoms with Crippen molar-refractivity contribution in [3.05, 3.63) is 28.8 Å². The van der Waals surface area contributed by atoms with Crippen molar-refractivity contribution < 1.29 is 14.7 Å². The van der Waals surface area contributed by atoms with Crippen LogP contribution in [0.5, 0.6) is 0 Å². The van der Waals surface area contributed by atoms with Crippen molar-refractivity contribution in [3.8, 4) is 0 Å². The molecule has 3 N–H and O–H groups in total. The maximum absolute atomic E-state index is 12.0. The number of carbonyl (C=O) groups excluding carboxylic acids is 1. The zero-order valence-electron chi connectivity index (χ0n) is 12.7. The SMILES string of the molecule is Cc1cc(C)c(NC(=O)NC(C)CC2CC2)c(C(=O)O)c1. The van der Waals surface area contributed by atoms with Gasteiger partial charge in [-0.2, -0.15) is 0 Å². The average molecular weight is 290 g/mol. The minimum Gasteiger partial charge on any atom is -0.478 e. The number of carboxylic acids is 1. The van der Waals surface area contributed by atoms with Crippen LogP contribution in [0.2, 0.25) is 0 Å². The molecule has 0 aliphatic heterocycles. The Labute approximate surface area is 124 Å². The molecule has 0 aromatic heterocycles. The molecule has 2 amide bonds. The van der Waals surface area contributed by atoms with E-state index in [0.29, 0.717) is 5.69 Å². The Hall–Kier alpha value is -2.04. The van der Waals surface area contributed by atoms with Crippen molar-refractivity contribution in [2.45, 2.75) is 46.1 Å². The summed E-state index contributed by atoms with van der Waals surface area (Å²) in [6.07, 6.45) is 3.47. The third-order valence-electron chi connectivity index (χ3n) is 3.71. The molecule has 1 unspecified atom stereocenters. The third kappa shape index (κ3) is 4.21. The second-order valence-corrected chi connectivity index (χ2v) is 5.99. The van der Waals surface area contributed by atoms with Crippen molar-refractivity contribution in [2.75, 3.05) is 5.32 Å². The van der Waals surface area contributed by atoms with Gasteiger partial charge in [-0.25, -0.2) is 9.59 Å². The molecule has 0 radical (unpaired) electrons. The number of urea groups is 1. The molecule has 2 rings (SSSR count). The van der Waals surface area contributed by atoms with Crippen LogP contribution in [0.4, 0.5) is 10.5 Å². The molecule has 0 saturated heterocycles. The van der Waals surface area contributed by atoms with Gasteiger partial charge >= 0.3 is 12.0 Å². The van der Waals surface area contributed by atoms with Crippen molar-refractivity contribution >= 4 is 17.7 Å². The molecule has 114 valence electrons. The first-order valence-corrected chi connectivity index (χ1v) is 7.29. The Morgan fingerprint density at radius 2 is 2.00 bits per heavy atom. The molecule has 0 bridgehead atoms. The molecular weight excluding hydrogens is 268 g/mol. The lowest BCUT2D eigenvalue weighted by Gasteiger charge is -2.17. The summed E-state index contributed by atoms with van der Waals surface area (Å²) < 4.78 is 0. The van der Waals surface area contributed by atoms with Crippen LogP contribution in [0.1, 0.15) is 47.7 Å². The van der Waals surface area contributed by atoms with E-state index in [0.717, 1.165) is 23.5 Å². The molecule has 1 aromatic carbocycles. The van der Waals surface area contributed by atoms with Gasteiger partial charge in [0, 0.05) is 6.04 Å². The lowest BCUT2D eigenvalue weighted by Crippen LogP contribution is -2.36. The molecular formula is C16H22N2O3. The molecule has 0 heterocycles. The molecule has 1 atom stereocenters. The van der Waals surface area contributed by atoms with Crippen molar-refractivity contribution in [2.24, 2.45) is 5.92 Å². The number of anilines is 1. The van der Waals surface area contributed by atoms with E-state index >= 15 is 0 Å². The van der Waals surface area contributed by atoms with Gasteiger partial charge in [0.2, 0.25) is 0 Å². The van der Waals surface area contributed by atoms with Gasteiger partial charge in [0.1, 0.15) is 0 Å². The van der Waals surface area contributed by atoms with Gasteiger partial charge in [0.05, 0.1) is 11.3 Å². The highest BCUT2D eigenvalue weighted by Crippen LogP contribution is 2.33.